The van der Waals surface area contributed by atoms with Gasteiger partial charge in [0.15, 0.2) is 5.96 Å². The Hall–Kier alpha value is -0.850. The molecule has 0 saturated carbocycles. The summed E-state index contributed by atoms with van der Waals surface area (Å²) in [5.74, 6) is 2.32. The molecule has 134 valence electrons. The van der Waals surface area contributed by atoms with Crippen LogP contribution in [-0.2, 0) is 14.2 Å². The van der Waals surface area contributed by atoms with E-state index in [1.807, 2.05) is 7.05 Å². The molecule has 2 fully saturated rings. The van der Waals surface area contributed by atoms with Crippen molar-refractivity contribution in [1.82, 2.24) is 10.2 Å². The molecule has 2 rings (SSSR count). The van der Waals surface area contributed by atoms with Crippen molar-refractivity contribution in [3.05, 3.63) is 0 Å². The zero-order valence-corrected chi connectivity index (χ0v) is 14.8. The number of likely N-dealkylation sites (tertiary alicyclic amines) is 1. The summed E-state index contributed by atoms with van der Waals surface area (Å²) in [6.07, 6.45) is 4.48. The first-order valence-electron chi connectivity index (χ1n) is 8.93. The first kappa shape index (κ1) is 18.5. The molecule has 0 spiro atoms. The van der Waals surface area contributed by atoms with E-state index in [9.17, 15) is 0 Å². The summed E-state index contributed by atoms with van der Waals surface area (Å²) >= 11 is 0. The third-order valence-corrected chi connectivity index (χ3v) is 4.64. The van der Waals surface area contributed by atoms with E-state index in [1.165, 1.54) is 6.42 Å². The minimum Gasteiger partial charge on any atom is -0.384 e. The van der Waals surface area contributed by atoms with Gasteiger partial charge in [-0.2, -0.15) is 0 Å². The van der Waals surface area contributed by atoms with Crippen LogP contribution in [0.3, 0.4) is 0 Å². The lowest BCUT2D eigenvalue weighted by molar-refractivity contribution is 0.0203. The van der Waals surface area contributed by atoms with E-state index in [1.54, 1.807) is 7.11 Å². The van der Waals surface area contributed by atoms with Crippen molar-refractivity contribution in [2.45, 2.75) is 25.7 Å². The first-order valence-corrected chi connectivity index (χ1v) is 8.93. The summed E-state index contributed by atoms with van der Waals surface area (Å²) in [6.45, 7) is 7.33. The van der Waals surface area contributed by atoms with Gasteiger partial charge in [0, 0.05) is 66.1 Å². The Labute approximate surface area is 140 Å². The van der Waals surface area contributed by atoms with Gasteiger partial charge in [-0.25, -0.2) is 0 Å². The summed E-state index contributed by atoms with van der Waals surface area (Å²) in [5, 5.41) is 3.45. The summed E-state index contributed by atoms with van der Waals surface area (Å²) in [6, 6.07) is 0. The molecule has 2 aliphatic rings. The molecule has 1 N–H and O–H groups in total. The van der Waals surface area contributed by atoms with Crippen LogP contribution < -0.4 is 5.32 Å². The Balaban J connectivity index is 1.52. The van der Waals surface area contributed by atoms with Crippen molar-refractivity contribution < 1.29 is 14.2 Å². The summed E-state index contributed by atoms with van der Waals surface area (Å²) in [5.41, 5.74) is 0. The predicted octanol–water partition coefficient (Wildman–Crippen LogP) is 1.36. The van der Waals surface area contributed by atoms with Crippen LogP contribution in [0.5, 0.6) is 0 Å². The van der Waals surface area contributed by atoms with Gasteiger partial charge in [0.2, 0.25) is 0 Å². The van der Waals surface area contributed by atoms with Crippen LogP contribution in [0.1, 0.15) is 25.7 Å². The molecule has 0 amide bonds. The zero-order chi connectivity index (χ0) is 16.3. The number of hydrogen-bond donors (Lipinski definition) is 1. The van der Waals surface area contributed by atoms with Gasteiger partial charge in [-0.05, 0) is 31.6 Å². The van der Waals surface area contributed by atoms with Gasteiger partial charge in [-0.1, -0.05) is 0 Å². The molecule has 6 nitrogen and oxygen atoms in total. The average Bonchev–Trinajstić information content (AvgIpc) is 3.04. The number of ether oxygens (including phenoxy) is 3. The Morgan fingerprint density at radius 3 is 2.78 bits per heavy atom. The monoisotopic (exact) mass is 327 g/mol. The number of nitrogens with one attached hydrogen (secondary N) is 1. The van der Waals surface area contributed by atoms with Gasteiger partial charge in [0.05, 0.1) is 6.61 Å². The van der Waals surface area contributed by atoms with Crippen LogP contribution in [0.25, 0.3) is 0 Å². The van der Waals surface area contributed by atoms with Gasteiger partial charge in [0.1, 0.15) is 0 Å². The SMILES string of the molecule is CN=C(NCCCOCC1CCOCC1)N1CCC(COC)C1. The highest BCUT2D eigenvalue weighted by molar-refractivity contribution is 5.80. The van der Waals surface area contributed by atoms with Crippen LogP contribution in [0.15, 0.2) is 4.99 Å². The van der Waals surface area contributed by atoms with Crippen molar-refractivity contribution >= 4 is 5.96 Å². The molecule has 2 aliphatic heterocycles. The second-order valence-electron chi connectivity index (χ2n) is 6.51. The normalized spacial score (nSPS) is 23.5. The second-order valence-corrected chi connectivity index (χ2v) is 6.51. The van der Waals surface area contributed by atoms with Crippen LogP contribution in [-0.4, -0.2) is 77.7 Å². The lowest BCUT2D eigenvalue weighted by Crippen LogP contribution is -2.40. The number of guanidine groups is 1. The second kappa shape index (κ2) is 10.8. The first-order chi connectivity index (χ1) is 11.3. The lowest BCUT2D eigenvalue weighted by Gasteiger charge is -2.22. The van der Waals surface area contributed by atoms with Crippen molar-refractivity contribution in [3.8, 4) is 0 Å². The van der Waals surface area contributed by atoms with Crippen LogP contribution in [0, 0.1) is 11.8 Å². The van der Waals surface area contributed by atoms with Crippen LogP contribution >= 0.6 is 0 Å². The number of nitrogens with zero attached hydrogens (tertiary/aromatic N) is 2. The Morgan fingerprint density at radius 1 is 1.22 bits per heavy atom. The molecule has 23 heavy (non-hydrogen) atoms. The minimum atomic E-state index is 0.626. The molecule has 0 aromatic heterocycles. The highest BCUT2D eigenvalue weighted by Crippen LogP contribution is 2.16. The molecule has 1 unspecified atom stereocenters. The van der Waals surface area contributed by atoms with Gasteiger partial charge < -0.3 is 24.4 Å². The standard InChI is InChI=1S/C17H33N3O3/c1-18-17(20-8-4-16(12-20)13-21-2)19-7-3-9-23-14-15-5-10-22-11-6-15/h15-16H,3-14H2,1-2H3,(H,18,19). The highest BCUT2D eigenvalue weighted by atomic mass is 16.5. The number of hydrogen-bond acceptors (Lipinski definition) is 4. The van der Waals surface area contributed by atoms with E-state index in [0.717, 1.165) is 77.9 Å². The third-order valence-electron chi connectivity index (χ3n) is 4.64. The maximum atomic E-state index is 5.80. The molecule has 2 heterocycles. The zero-order valence-electron chi connectivity index (χ0n) is 14.8. The minimum absolute atomic E-state index is 0.626. The van der Waals surface area contributed by atoms with Gasteiger partial charge in [0.25, 0.3) is 0 Å². The Kier molecular flexibility index (Phi) is 8.71. The molecule has 0 bridgehead atoms. The molecule has 0 aromatic carbocycles. The molecule has 2 saturated heterocycles. The third kappa shape index (κ3) is 6.65. The van der Waals surface area contributed by atoms with Crippen molar-refractivity contribution in [3.63, 3.8) is 0 Å². The number of aliphatic imine (C=N–C) groups is 1. The molecular weight excluding hydrogens is 294 g/mol. The van der Waals surface area contributed by atoms with E-state index in [-0.39, 0.29) is 0 Å². The fraction of sp³-hybridized carbons (Fsp3) is 0.941. The lowest BCUT2D eigenvalue weighted by atomic mass is 10.0. The fourth-order valence-electron chi connectivity index (χ4n) is 3.27. The van der Waals surface area contributed by atoms with Gasteiger partial charge >= 0.3 is 0 Å². The summed E-state index contributed by atoms with van der Waals surface area (Å²) in [4.78, 5) is 6.72. The molecule has 0 radical (unpaired) electrons. The predicted molar refractivity (Wildman–Crippen MR) is 91.9 cm³/mol. The topological polar surface area (TPSA) is 55.3 Å². The number of rotatable bonds is 8. The Bertz CT molecular complexity index is 346. The van der Waals surface area contributed by atoms with Crippen molar-refractivity contribution in [1.29, 1.82) is 0 Å². The molecule has 0 aliphatic carbocycles. The molecule has 0 aromatic rings. The molecular formula is C17H33N3O3. The van der Waals surface area contributed by atoms with Crippen LogP contribution in [0.4, 0.5) is 0 Å². The van der Waals surface area contributed by atoms with E-state index >= 15 is 0 Å². The quantitative estimate of drug-likeness (QED) is 0.414. The summed E-state index contributed by atoms with van der Waals surface area (Å²) in [7, 11) is 3.63. The smallest absolute Gasteiger partial charge is 0.193 e. The van der Waals surface area contributed by atoms with Gasteiger partial charge in [-0.3, -0.25) is 4.99 Å². The highest BCUT2D eigenvalue weighted by Gasteiger charge is 2.24. The molecule has 1 atom stereocenters. The van der Waals surface area contributed by atoms with Crippen LogP contribution in [0.2, 0.25) is 0 Å². The number of methoxy groups -OCH3 is 1. The maximum absolute atomic E-state index is 5.80. The Morgan fingerprint density at radius 2 is 2.04 bits per heavy atom. The van der Waals surface area contributed by atoms with E-state index < -0.39 is 0 Å². The summed E-state index contributed by atoms with van der Waals surface area (Å²) < 4.78 is 16.4. The van der Waals surface area contributed by atoms with E-state index in [0.29, 0.717) is 11.8 Å². The van der Waals surface area contributed by atoms with Crippen molar-refractivity contribution in [2.24, 2.45) is 16.8 Å². The van der Waals surface area contributed by atoms with Gasteiger partial charge in [-0.15, -0.1) is 0 Å². The van der Waals surface area contributed by atoms with E-state index in [2.05, 4.69) is 15.2 Å². The average molecular weight is 327 g/mol. The van der Waals surface area contributed by atoms with Crippen molar-refractivity contribution in [2.75, 3.05) is 66.8 Å². The molecule has 6 heteroatoms. The largest absolute Gasteiger partial charge is 0.384 e. The maximum Gasteiger partial charge on any atom is 0.193 e. The fourth-order valence-corrected chi connectivity index (χ4v) is 3.27. The van der Waals surface area contributed by atoms with E-state index in [4.69, 9.17) is 14.2 Å².